The number of halogens is 1. The Hall–Kier alpha value is -2.16. The lowest BCUT2D eigenvalue weighted by molar-refractivity contribution is 0.0965. The average Bonchev–Trinajstić information content (AvgIpc) is 3.28. The van der Waals surface area contributed by atoms with E-state index >= 15 is 0 Å². The minimum absolute atomic E-state index is 0.0221. The molecule has 2 unspecified atom stereocenters. The van der Waals surface area contributed by atoms with Gasteiger partial charge in [0.2, 0.25) is 0 Å². The van der Waals surface area contributed by atoms with E-state index in [4.69, 9.17) is 4.74 Å². The first-order valence-electron chi connectivity index (χ1n) is 6.63. The summed E-state index contributed by atoms with van der Waals surface area (Å²) in [6, 6.07) is 13.6. The molecule has 2 nitrogen and oxygen atoms in total. The highest BCUT2D eigenvalue weighted by molar-refractivity contribution is 6.00. The summed E-state index contributed by atoms with van der Waals surface area (Å²) in [5.74, 6) is 0.904. The molecule has 2 aromatic rings. The van der Waals surface area contributed by atoms with Gasteiger partial charge in [0.15, 0.2) is 5.78 Å². The van der Waals surface area contributed by atoms with Crippen molar-refractivity contribution in [2.45, 2.75) is 12.3 Å². The third kappa shape index (κ3) is 2.44. The van der Waals surface area contributed by atoms with Crippen LogP contribution in [0.2, 0.25) is 0 Å². The predicted octanol–water partition coefficient (Wildman–Crippen LogP) is 3.82. The van der Waals surface area contributed by atoms with E-state index in [1.54, 1.807) is 43.5 Å². The zero-order valence-electron chi connectivity index (χ0n) is 11.2. The van der Waals surface area contributed by atoms with Gasteiger partial charge in [0.25, 0.3) is 0 Å². The second-order valence-corrected chi connectivity index (χ2v) is 5.09. The number of benzene rings is 2. The second kappa shape index (κ2) is 5.08. The van der Waals surface area contributed by atoms with Crippen LogP contribution in [0.3, 0.4) is 0 Å². The molecule has 1 saturated carbocycles. The molecule has 102 valence electrons. The Morgan fingerprint density at radius 1 is 1.10 bits per heavy atom. The Labute approximate surface area is 117 Å². The third-order valence-electron chi connectivity index (χ3n) is 3.80. The molecule has 2 atom stereocenters. The van der Waals surface area contributed by atoms with Gasteiger partial charge in [0.1, 0.15) is 11.6 Å². The van der Waals surface area contributed by atoms with E-state index in [0.717, 1.165) is 17.7 Å². The van der Waals surface area contributed by atoms with E-state index < -0.39 is 0 Å². The average molecular weight is 270 g/mol. The number of rotatable bonds is 4. The van der Waals surface area contributed by atoms with Crippen molar-refractivity contribution in [2.75, 3.05) is 7.11 Å². The van der Waals surface area contributed by atoms with Gasteiger partial charge in [-0.05, 0) is 54.3 Å². The van der Waals surface area contributed by atoms with Crippen molar-refractivity contribution in [1.82, 2.24) is 0 Å². The Balaban J connectivity index is 1.71. The molecule has 2 aromatic carbocycles. The molecule has 3 heteroatoms. The first kappa shape index (κ1) is 12.9. The molecule has 0 aliphatic heterocycles. The fraction of sp³-hybridized carbons (Fsp3) is 0.235. The molecule has 0 heterocycles. The van der Waals surface area contributed by atoms with Gasteiger partial charge in [0, 0.05) is 11.5 Å². The maximum absolute atomic E-state index is 12.9. The van der Waals surface area contributed by atoms with Gasteiger partial charge in [-0.1, -0.05) is 12.1 Å². The summed E-state index contributed by atoms with van der Waals surface area (Å²) in [6.07, 6.45) is 0.844. The number of ether oxygens (including phenoxy) is 1. The Morgan fingerprint density at radius 3 is 2.35 bits per heavy atom. The van der Waals surface area contributed by atoms with E-state index in [-0.39, 0.29) is 23.4 Å². The number of carbonyl (C=O) groups is 1. The lowest BCUT2D eigenvalue weighted by atomic mass is 10.0. The van der Waals surface area contributed by atoms with Gasteiger partial charge < -0.3 is 4.74 Å². The van der Waals surface area contributed by atoms with Crippen LogP contribution in [0.1, 0.15) is 28.3 Å². The SMILES string of the molecule is COc1ccc(C(=O)C2CC2c2ccc(F)cc2)cc1. The van der Waals surface area contributed by atoms with Gasteiger partial charge >= 0.3 is 0 Å². The minimum Gasteiger partial charge on any atom is -0.497 e. The van der Waals surface area contributed by atoms with E-state index in [9.17, 15) is 9.18 Å². The molecule has 3 rings (SSSR count). The maximum Gasteiger partial charge on any atom is 0.166 e. The normalized spacial score (nSPS) is 20.5. The second-order valence-electron chi connectivity index (χ2n) is 5.09. The van der Waals surface area contributed by atoms with Crippen molar-refractivity contribution in [3.63, 3.8) is 0 Å². The molecule has 20 heavy (non-hydrogen) atoms. The van der Waals surface area contributed by atoms with Crippen molar-refractivity contribution in [3.8, 4) is 5.75 Å². The van der Waals surface area contributed by atoms with Crippen molar-refractivity contribution in [2.24, 2.45) is 5.92 Å². The first-order chi connectivity index (χ1) is 9.69. The molecule has 0 bridgehead atoms. The van der Waals surface area contributed by atoms with E-state index in [1.807, 2.05) is 0 Å². The van der Waals surface area contributed by atoms with Crippen LogP contribution in [0.15, 0.2) is 48.5 Å². The quantitative estimate of drug-likeness (QED) is 0.789. The molecule has 0 spiro atoms. The van der Waals surface area contributed by atoms with E-state index in [0.29, 0.717) is 5.56 Å². The number of Topliss-reactive ketones (excluding diaryl/α,β-unsaturated/α-hetero) is 1. The Kier molecular flexibility index (Phi) is 3.26. The van der Waals surface area contributed by atoms with Gasteiger partial charge in [-0.25, -0.2) is 4.39 Å². The van der Waals surface area contributed by atoms with Crippen LogP contribution in [0.4, 0.5) is 4.39 Å². The maximum atomic E-state index is 12.9. The van der Waals surface area contributed by atoms with Crippen molar-refractivity contribution in [3.05, 3.63) is 65.5 Å². The predicted molar refractivity (Wildman–Crippen MR) is 74.6 cm³/mol. The number of carbonyl (C=O) groups excluding carboxylic acids is 1. The summed E-state index contributed by atoms with van der Waals surface area (Å²) in [5.41, 5.74) is 1.75. The van der Waals surface area contributed by atoms with Crippen LogP contribution in [0.25, 0.3) is 0 Å². The highest BCUT2D eigenvalue weighted by Crippen LogP contribution is 2.49. The van der Waals surface area contributed by atoms with Crippen LogP contribution in [0, 0.1) is 11.7 Å². The summed E-state index contributed by atoms with van der Waals surface area (Å²) in [6.45, 7) is 0. The van der Waals surface area contributed by atoms with Gasteiger partial charge in [-0.2, -0.15) is 0 Å². The van der Waals surface area contributed by atoms with Crippen LogP contribution in [0.5, 0.6) is 5.75 Å². The summed E-state index contributed by atoms with van der Waals surface area (Å²) < 4.78 is 18.0. The van der Waals surface area contributed by atoms with Crippen molar-refractivity contribution in [1.29, 1.82) is 0 Å². The highest BCUT2D eigenvalue weighted by atomic mass is 19.1. The Bertz CT molecular complexity index is 616. The zero-order valence-corrected chi connectivity index (χ0v) is 11.2. The smallest absolute Gasteiger partial charge is 0.166 e. The molecule has 1 aliphatic carbocycles. The molecule has 0 amide bonds. The summed E-state index contributed by atoms with van der Waals surface area (Å²) >= 11 is 0. The summed E-state index contributed by atoms with van der Waals surface area (Å²) in [4.78, 5) is 12.3. The molecule has 0 saturated heterocycles. The van der Waals surface area contributed by atoms with Gasteiger partial charge in [-0.3, -0.25) is 4.79 Å². The standard InChI is InChI=1S/C17H15FO2/c1-20-14-8-4-12(5-9-14)17(19)16-10-15(16)11-2-6-13(18)7-3-11/h2-9,15-16H,10H2,1H3. The largest absolute Gasteiger partial charge is 0.497 e. The highest BCUT2D eigenvalue weighted by Gasteiger charge is 2.43. The van der Waals surface area contributed by atoms with Crippen LogP contribution in [-0.4, -0.2) is 12.9 Å². The van der Waals surface area contributed by atoms with Gasteiger partial charge in [-0.15, -0.1) is 0 Å². The number of ketones is 1. The van der Waals surface area contributed by atoms with Crippen LogP contribution in [-0.2, 0) is 0 Å². The molecular weight excluding hydrogens is 255 g/mol. The van der Waals surface area contributed by atoms with E-state index in [1.165, 1.54) is 12.1 Å². The summed E-state index contributed by atoms with van der Waals surface area (Å²) in [7, 11) is 1.60. The van der Waals surface area contributed by atoms with Crippen molar-refractivity contribution < 1.29 is 13.9 Å². The van der Waals surface area contributed by atoms with E-state index in [2.05, 4.69) is 0 Å². The lowest BCUT2D eigenvalue weighted by Crippen LogP contribution is -2.03. The lowest BCUT2D eigenvalue weighted by Gasteiger charge is -2.03. The molecule has 0 N–H and O–H groups in total. The fourth-order valence-corrected chi connectivity index (χ4v) is 2.53. The number of hydrogen-bond donors (Lipinski definition) is 0. The van der Waals surface area contributed by atoms with Crippen molar-refractivity contribution >= 4 is 5.78 Å². The zero-order chi connectivity index (χ0) is 14.1. The molecule has 1 fully saturated rings. The summed E-state index contributed by atoms with van der Waals surface area (Å²) in [5, 5.41) is 0. The Morgan fingerprint density at radius 2 is 1.75 bits per heavy atom. The topological polar surface area (TPSA) is 26.3 Å². The van der Waals surface area contributed by atoms with Crippen LogP contribution < -0.4 is 4.74 Å². The first-order valence-corrected chi connectivity index (χ1v) is 6.63. The minimum atomic E-state index is -0.243. The molecule has 1 aliphatic rings. The number of methoxy groups -OCH3 is 1. The molecule has 0 radical (unpaired) electrons. The van der Waals surface area contributed by atoms with Crippen LogP contribution >= 0.6 is 0 Å². The monoisotopic (exact) mass is 270 g/mol. The molecular formula is C17H15FO2. The fourth-order valence-electron chi connectivity index (χ4n) is 2.53. The molecule has 0 aromatic heterocycles. The van der Waals surface area contributed by atoms with Gasteiger partial charge in [0.05, 0.1) is 7.11 Å². The number of hydrogen-bond acceptors (Lipinski definition) is 2. The third-order valence-corrected chi connectivity index (χ3v) is 3.80.